The summed E-state index contributed by atoms with van der Waals surface area (Å²) in [4.78, 5) is 12.7. The minimum Gasteiger partial charge on any atom is -0.368 e. The van der Waals surface area contributed by atoms with Crippen molar-refractivity contribution < 1.29 is 4.79 Å². The molecule has 1 aliphatic rings. The van der Waals surface area contributed by atoms with Crippen LogP contribution in [0.25, 0.3) is 0 Å². The molecule has 10 heavy (non-hydrogen) atoms. The normalized spacial score (nSPS) is 28.3. The lowest BCUT2D eigenvalue weighted by atomic mass is 10.0. The highest BCUT2D eigenvalue weighted by Gasteiger charge is 2.23. The van der Waals surface area contributed by atoms with Crippen LogP contribution in [-0.4, -0.2) is 30.4 Å². The van der Waals surface area contributed by atoms with Gasteiger partial charge in [-0.3, -0.25) is 9.69 Å². The van der Waals surface area contributed by atoms with Gasteiger partial charge in [-0.1, -0.05) is 0 Å². The van der Waals surface area contributed by atoms with Gasteiger partial charge in [0.2, 0.25) is 5.91 Å². The summed E-state index contributed by atoms with van der Waals surface area (Å²) in [6.07, 6.45) is 4.00. The average molecular weight is 141 g/mol. The molecule has 0 bridgehead atoms. The Morgan fingerprint density at radius 2 is 2.50 bits per heavy atom. The van der Waals surface area contributed by atoms with E-state index in [0.717, 1.165) is 19.4 Å². The smallest absolute Gasteiger partial charge is 0.234 e. The van der Waals surface area contributed by atoms with Crippen LogP contribution in [0.3, 0.4) is 0 Å². The van der Waals surface area contributed by atoms with Crippen LogP contribution in [0.5, 0.6) is 0 Å². The Kier molecular flexibility index (Phi) is 2.27. The van der Waals surface area contributed by atoms with Gasteiger partial charge in [0.15, 0.2) is 0 Å². The van der Waals surface area contributed by atoms with Crippen LogP contribution in [0.1, 0.15) is 12.8 Å². The van der Waals surface area contributed by atoms with Gasteiger partial charge in [-0.25, -0.2) is 0 Å². The van der Waals surface area contributed by atoms with Gasteiger partial charge in [0, 0.05) is 0 Å². The summed E-state index contributed by atoms with van der Waals surface area (Å²) in [6.45, 7) is 0.952. The summed E-state index contributed by atoms with van der Waals surface area (Å²) in [7, 11) is 1.93. The van der Waals surface area contributed by atoms with Gasteiger partial charge < -0.3 is 5.73 Å². The third-order valence-corrected chi connectivity index (χ3v) is 1.94. The molecule has 1 aliphatic heterocycles. The van der Waals surface area contributed by atoms with Crippen molar-refractivity contribution in [1.29, 1.82) is 0 Å². The molecule has 1 rings (SSSR count). The first-order valence-electron chi connectivity index (χ1n) is 3.53. The minimum absolute atomic E-state index is 0.0613. The van der Waals surface area contributed by atoms with E-state index < -0.39 is 0 Å². The molecule has 0 aromatic rings. The highest BCUT2D eigenvalue weighted by Crippen LogP contribution is 2.12. The number of hydrogen-bond acceptors (Lipinski definition) is 2. The molecule has 0 spiro atoms. The molecular formula is C7H13N2O. The van der Waals surface area contributed by atoms with Crippen LogP contribution >= 0.6 is 0 Å². The van der Waals surface area contributed by atoms with Crippen LogP contribution in [0.2, 0.25) is 0 Å². The first kappa shape index (κ1) is 7.54. The number of likely N-dealkylation sites (N-methyl/N-ethyl adjacent to an activating group) is 1. The topological polar surface area (TPSA) is 46.3 Å². The summed E-state index contributed by atoms with van der Waals surface area (Å²) in [6, 6.07) is -0.0613. The van der Waals surface area contributed by atoms with Crippen molar-refractivity contribution in [2.45, 2.75) is 18.9 Å². The van der Waals surface area contributed by atoms with Gasteiger partial charge in [-0.2, -0.15) is 0 Å². The first-order chi connectivity index (χ1) is 4.72. The van der Waals surface area contributed by atoms with Crippen molar-refractivity contribution in [3.8, 4) is 0 Å². The van der Waals surface area contributed by atoms with Gasteiger partial charge in [0.25, 0.3) is 0 Å². The van der Waals surface area contributed by atoms with Crippen LogP contribution in [0.4, 0.5) is 0 Å². The number of nitrogens with two attached hydrogens (primary N) is 1. The highest BCUT2D eigenvalue weighted by molar-refractivity contribution is 5.80. The molecule has 1 amide bonds. The Morgan fingerprint density at radius 1 is 1.80 bits per heavy atom. The Labute approximate surface area is 61.2 Å². The second kappa shape index (κ2) is 3.01. The number of rotatable bonds is 1. The third kappa shape index (κ3) is 1.48. The maximum atomic E-state index is 10.7. The van der Waals surface area contributed by atoms with E-state index in [4.69, 9.17) is 5.73 Å². The average Bonchev–Trinajstić information content (AvgIpc) is 1.88. The molecule has 3 heteroatoms. The summed E-state index contributed by atoms with van der Waals surface area (Å²) in [5.41, 5.74) is 5.16. The zero-order valence-electron chi connectivity index (χ0n) is 6.21. The lowest BCUT2D eigenvalue weighted by Gasteiger charge is -2.29. The lowest BCUT2D eigenvalue weighted by molar-refractivity contribution is -0.123. The Bertz CT molecular complexity index is 136. The molecule has 1 atom stereocenters. The van der Waals surface area contributed by atoms with Gasteiger partial charge >= 0.3 is 0 Å². The highest BCUT2D eigenvalue weighted by atomic mass is 16.1. The molecule has 1 unspecified atom stereocenters. The molecule has 3 nitrogen and oxygen atoms in total. The summed E-state index contributed by atoms with van der Waals surface area (Å²) in [5.74, 6) is -0.210. The SMILES string of the molecule is CN1CC[CH]CC1C(N)=O. The van der Waals surface area contributed by atoms with E-state index in [1.807, 2.05) is 11.9 Å². The lowest BCUT2D eigenvalue weighted by Crippen LogP contribution is -2.45. The zero-order chi connectivity index (χ0) is 7.56. The zero-order valence-corrected chi connectivity index (χ0v) is 6.21. The molecule has 2 N–H and O–H groups in total. The molecule has 1 fully saturated rings. The van der Waals surface area contributed by atoms with Crippen LogP contribution < -0.4 is 5.73 Å². The van der Waals surface area contributed by atoms with Crippen LogP contribution in [0.15, 0.2) is 0 Å². The Balaban J connectivity index is 2.47. The van der Waals surface area contributed by atoms with Crippen molar-refractivity contribution in [2.75, 3.05) is 13.6 Å². The van der Waals surface area contributed by atoms with Crippen molar-refractivity contribution in [2.24, 2.45) is 5.73 Å². The van der Waals surface area contributed by atoms with Gasteiger partial charge in [-0.05, 0) is 32.9 Å². The maximum absolute atomic E-state index is 10.7. The fourth-order valence-corrected chi connectivity index (χ4v) is 1.24. The van der Waals surface area contributed by atoms with Gasteiger partial charge in [0.1, 0.15) is 0 Å². The van der Waals surface area contributed by atoms with Gasteiger partial charge in [0.05, 0.1) is 6.04 Å². The Hall–Kier alpha value is -0.570. The van der Waals surface area contributed by atoms with E-state index in [0.29, 0.717) is 0 Å². The number of piperidine rings is 1. The third-order valence-electron chi connectivity index (χ3n) is 1.94. The van der Waals surface area contributed by atoms with Crippen molar-refractivity contribution in [1.82, 2.24) is 4.90 Å². The van der Waals surface area contributed by atoms with Crippen LogP contribution in [-0.2, 0) is 4.79 Å². The minimum atomic E-state index is -0.210. The van der Waals surface area contributed by atoms with Crippen molar-refractivity contribution in [3.05, 3.63) is 6.42 Å². The summed E-state index contributed by atoms with van der Waals surface area (Å²) < 4.78 is 0. The fraction of sp³-hybridized carbons (Fsp3) is 0.714. The molecule has 57 valence electrons. The number of carbonyl (C=O) groups is 1. The van der Waals surface area contributed by atoms with E-state index in [1.165, 1.54) is 0 Å². The van der Waals surface area contributed by atoms with E-state index >= 15 is 0 Å². The first-order valence-corrected chi connectivity index (χ1v) is 3.53. The van der Waals surface area contributed by atoms with E-state index in [-0.39, 0.29) is 11.9 Å². The van der Waals surface area contributed by atoms with Crippen molar-refractivity contribution >= 4 is 5.91 Å². The standard InChI is InChI=1S/C7H13N2O/c1-9-5-3-2-4-6(9)7(8)10/h2,6H,3-5H2,1H3,(H2,8,10). The quantitative estimate of drug-likeness (QED) is 0.548. The molecule has 1 saturated heterocycles. The summed E-state index contributed by atoms with van der Waals surface area (Å²) >= 11 is 0. The van der Waals surface area contributed by atoms with E-state index in [2.05, 4.69) is 6.42 Å². The molecule has 1 heterocycles. The Morgan fingerprint density at radius 3 is 2.90 bits per heavy atom. The fourth-order valence-electron chi connectivity index (χ4n) is 1.24. The van der Waals surface area contributed by atoms with E-state index in [1.54, 1.807) is 0 Å². The second-order valence-electron chi connectivity index (χ2n) is 2.71. The largest absolute Gasteiger partial charge is 0.368 e. The predicted molar refractivity (Wildman–Crippen MR) is 39.1 cm³/mol. The van der Waals surface area contributed by atoms with E-state index in [9.17, 15) is 4.79 Å². The second-order valence-corrected chi connectivity index (χ2v) is 2.71. The molecule has 0 aromatic carbocycles. The monoisotopic (exact) mass is 141 g/mol. The number of nitrogens with zero attached hydrogens (tertiary/aromatic N) is 1. The molecule has 1 radical (unpaired) electrons. The number of carbonyl (C=O) groups excluding carboxylic acids is 1. The maximum Gasteiger partial charge on any atom is 0.234 e. The van der Waals surface area contributed by atoms with Crippen molar-refractivity contribution in [3.63, 3.8) is 0 Å². The van der Waals surface area contributed by atoms with Crippen LogP contribution in [0, 0.1) is 6.42 Å². The number of hydrogen-bond donors (Lipinski definition) is 1. The molecular weight excluding hydrogens is 128 g/mol. The number of primary amides is 1. The predicted octanol–water partition coefficient (Wildman–Crippen LogP) is -0.230. The molecule has 0 aliphatic carbocycles. The number of amides is 1. The summed E-state index contributed by atoms with van der Waals surface area (Å²) in [5, 5.41) is 0. The molecule has 0 saturated carbocycles. The molecule has 0 aromatic heterocycles. The van der Waals surface area contributed by atoms with Gasteiger partial charge in [-0.15, -0.1) is 0 Å². The number of likely N-dealkylation sites (tertiary alicyclic amines) is 1.